The zero-order chi connectivity index (χ0) is 48.4. The van der Waals surface area contributed by atoms with Gasteiger partial charge in [-0.3, -0.25) is 9.59 Å². The van der Waals surface area contributed by atoms with Crippen LogP contribution in [0.4, 0.5) is 0 Å². The van der Waals surface area contributed by atoms with Gasteiger partial charge in [-0.25, -0.2) is 0 Å². The van der Waals surface area contributed by atoms with Gasteiger partial charge < -0.3 is 80.9 Å². The van der Waals surface area contributed by atoms with Gasteiger partial charge in [0.15, 0.2) is 12.1 Å². The van der Waals surface area contributed by atoms with E-state index in [4.69, 9.17) is 24.7 Å². The lowest BCUT2D eigenvalue weighted by Crippen LogP contribution is -2.61. The van der Waals surface area contributed by atoms with Crippen molar-refractivity contribution < 1.29 is 84.7 Å². The summed E-state index contributed by atoms with van der Waals surface area (Å²) >= 11 is 0. The minimum atomic E-state index is -2.33. The second-order valence-electron chi connectivity index (χ2n) is 17.6. The van der Waals surface area contributed by atoms with Crippen LogP contribution in [0.1, 0.15) is 79.1 Å². The Hall–Kier alpha value is -3.44. The lowest BCUT2D eigenvalue weighted by Gasteiger charge is -2.45. The number of fused-ring (bicyclic) bond motifs is 2. The van der Waals surface area contributed by atoms with Crippen LogP contribution < -0.4 is 5.73 Å². The number of carbonyl (C=O) groups excluding carboxylic acids is 1. The number of aliphatic hydroxyl groups is 10. The van der Waals surface area contributed by atoms with Crippen molar-refractivity contribution in [3.05, 3.63) is 85.1 Å². The van der Waals surface area contributed by atoms with Gasteiger partial charge in [0.2, 0.25) is 0 Å². The SMILES string of the molecule is CC1C=CC=CC=CC=CC=CC=CC=CC(OC2OC(C)C(O)C(N)C2O)CC2O[C@](O)(CC(O)CC(O)C(O)CCC(O)CC(O)CC(=O)OC(C)C(C)C1O)CC(O)C2C(=O)O. The van der Waals surface area contributed by atoms with Gasteiger partial charge in [0.1, 0.15) is 18.1 Å². The molecule has 13 N–H and O–H groups in total. The molecule has 65 heavy (non-hydrogen) atoms. The van der Waals surface area contributed by atoms with Gasteiger partial charge in [-0.1, -0.05) is 98.9 Å². The molecule has 0 radical (unpaired) electrons. The molecule has 0 amide bonds. The fourth-order valence-electron chi connectivity index (χ4n) is 7.97. The quantitative estimate of drug-likeness (QED) is 0.174. The predicted octanol–water partition coefficient (Wildman–Crippen LogP) is 0.712. The fourth-order valence-corrected chi connectivity index (χ4v) is 7.97. The molecule has 18 heteroatoms. The summed E-state index contributed by atoms with van der Waals surface area (Å²) in [7, 11) is 0. The molecule has 2 saturated heterocycles. The van der Waals surface area contributed by atoms with E-state index in [0.717, 1.165) is 0 Å². The summed E-state index contributed by atoms with van der Waals surface area (Å²) in [4.78, 5) is 25.1. The monoisotopic (exact) mass is 923 g/mol. The van der Waals surface area contributed by atoms with Crippen LogP contribution in [0.15, 0.2) is 85.1 Å². The normalized spacial score (nSPS) is 42.0. The average molecular weight is 924 g/mol. The molecule has 2 bridgehead atoms. The van der Waals surface area contributed by atoms with E-state index in [1.165, 1.54) is 13.0 Å². The number of carbonyl (C=O) groups is 2. The van der Waals surface area contributed by atoms with Crippen LogP contribution in [0.25, 0.3) is 0 Å². The van der Waals surface area contributed by atoms with Gasteiger partial charge in [-0.15, -0.1) is 0 Å². The Balaban J connectivity index is 1.86. The molecular formula is C47H73NO17. The van der Waals surface area contributed by atoms with Crippen LogP contribution in [0, 0.1) is 17.8 Å². The summed E-state index contributed by atoms with van der Waals surface area (Å²) in [5.74, 6) is -6.83. The minimum absolute atomic E-state index is 0.107. The minimum Gasteiger partial charge on any atom is -0.481 e. The van der Waals surface area contributed by atoms with Crippen molar-refractivity contribution in [1.82, 2.24) is 0 Å². The van der Waals surface area contributed by atoms with Crippen molar-refractivity contribution in [2.45, 2.75) is 177 Å². The number of rotatable bonds is 3. The molecule has 18 unspecified atom stereocenters. The molecule has 0 aromatic rings. The number of cyclic esters (lactones) is 1. The highest BCUT2D eigenvalue weighted by Gasteiger charge is 2.51. The Kier molecular flexibility index (Phi) is 23.6. The number of esters is 1. The first-order chi connectivity index (χ1) is 30.6. The first kappa shape index (κ1) is 55.9. The summed E-state index contributed by atoms with van der Waals surface area (Å²) in [6.45, 7) is 6.74. The van der Waals surface area contributed by atoms with Crippen LogP contribution in [0.5, 0.6) is 0 Å². The molecule has 3 aliphatic rings. The summed E-state index contributed by atoms with van der Waals surface area (Å²) in [6.07, 6.45) is 3.46. The van der Waals surface area contributed by atoms with Gasteiger partial charge in [-0.05, 0) is 33.1 Å². The van der Waals surface area contributed by atoms with Crippen molar-refractivity contribution in [3.63, 3.8) is 0 Å². The summed E-state index contributed by atoms with van der Waals surface area (Å²) in [5.41, 5.74) is 6.02. The molecule has 19 atom stereocenters. The Morgan fingerprint density at radius 3 is 1.82 bits per heavy atom. The second kappa shape index (κ2) is 27.4. The molecule has 0 aromatic heterocycles. The maximum atomic E-state index is 12.6. The van der Waals surface area contributed by atoms with Gasteiger partial charge >= 0.3 is 11.9 Å². The van der Waals surface area contributed by atoms with Crippen LogP contribution >= 0.6 is 0 Å². The van der Waals surface area contributed by atoms with Crippen LogP contribution in [0.2, 0.25) is 0 Å². The summed E-state index contributed by atoms with van der Waals surface area (Å²) in [5, 5.41) is 118. The van der Waals surface area contributed by atoms with E-state index < -0.39 is 147 Å². The number of nitrogens with two attached hydrogens (primary N) is 1. The Morgan fingerprint density at radius 1 is 0.662 bits per heavy atom. The highest BCUT2D eigenvalue weighted by Crippen LogP contribution is 2.38. The van der Waals surface area contributed by atoms with Crippen LogP contribution in [-0.4, -0.2) is 166 Å². The third kappa shape index (κ3) is 18.6. The molecule has 368 valence electrons. The number of aliphatic carboxylic acids is 1. The molecule has 18 nitrogen and oxygen atoms in total. The number of aliphatic hydroxyl groups excluding tert-OH is 9. The number of ether oxygens (including phenoxy) is 4. The second-order valence-corrected chi connectivity index (χ2v) is 17.6. The van der Waals surface area contributed by atoms with E-state index in [9.17, 15) is 65.8 Å². The standard InChI is InChI=1S/C47H73NO17/c1-27-17-15-13-11-9-7-5-6-8-10-12-14-16-18-34(64-46-44(58)41(48)43(57)30(4)63-46)24-38-40(45(59)60)37(54)26-47(61,65-38)25-33(51)22-36(53)35(52)20-19-31(49)21-32(50)23-39(55)62-29(3)28(2)42(27)56/h5-18,27-38,40-44,46,49-54,56-58,61H,19-26,48H2,1-4H3,(H,59,60)/t27?,28?,29?,30?,31?,32?,33?,34?,35?,36?,37?,38?,40?,41?,42?,43?,44?,46?,47-/m1/s1. The molecule has 2 fully saturated rings. The van der Waals surface area contributed by atoms with Crippen molar-refractivity contribution in [3.8, 4) is 0 Å². The zero-order valence-corrected chi connectivity index (χ0v) is 37.6. The van der Waals surface area contributed by atoms with E-state index >= 15 is 0 Å². The fraction of sp³-hybridized carbons (Fsp3) is 0.660. The van der Waals surface area contributed by atoms with E-state index in [2.05, 4.69) is 0 Å². The lowest BCUT2D eigenvalue weighted by molar-refractivity contribution is -0.308. The first-order valence-electron chi connectivity index (χ1n) is 22.3. The van der Waals surface area contributed by atoms with Gasteiger partial charge in [-0.2, -0.15) is 0 Å². The molecular weight excluding hydrogens is 851 g/mol. The predicted molar refractivity (Wildman–Crippen MR) is 237 cm³/mol. The molecule has 0 saturated carbocycles. The van der Waals surface area contributed by atoms with E-state index in [0.29, 0.717) is 0 Å². The van der Waals surface area contributed by atoms with Crippen LogP contribution in [-0.2, 0) is 28.5 Å². The largest absolute Gasteiger partial charge is 0.481 e. The molecule has 0 spiro atoms. The van der Waals surface area contributed by atoms with E-state index in [1.807, 2.05) is 19.1 Å². The number of carboxylic acids is 1. The highest BCUT2D eigenvalue weighted by atomic mass is 16.7. The number of hydrogen-bond acceptors (Lipinski definition) is 17. The Labute approximate surface area is 381 Å². The summed E-state index contributed by atoms with van der Waals surface area (Å²) < 4.78 is 23.1. The third-order valence-electron chi connectivity index (χ3n) is 12.0. The molecule has 0 aliphatic carbocycles. The van der Waals surface area contributed by atoms with E-state index in [-0.39, 0.29) is 31.6 Å². The zero-order valence-electron chi connectivity index (χ0n) is 37.6. The Morgan fingerprint density at radius 2 is 1.23 bits per heavy atom. The molecule has 0 aromatic carbocycles. The molecule has 3 heterocycles. The smallest absolute Gasteiger partial charge is 0.311 e. The van der Waals surface area contributed by atoms with Gasteiger partial charge in [0.25, 0.3) is 0 Å². The number of hydrogen-bond donors (Lipinski definition) is 12. The maximum absolute atomic E-state index is 12.6. The lowest BCUT2D eigenvalue weighted by atomic mass is 9.82. The number of allylic oxidation sites excluding steroid dienone is 12. The molecule has 3 aliphatic heterocycles. The Bertz CT molecular complexity index is 1670. The maximum Gasteiger partial charge on any atom is 0.311 e. The number of carboxylic acid groups (broad SMARTS) is 1. The van der Waals surface area contributed by atoms with Crippen molar-refractivity contribution in [2.24, 2.45) is 23.5 Å². The van der Waals surface area contributed by atoms with Gasteiger partial charge in [0.05, 0.1) is 79.6 Å². The van der Waals surface area contributed by atoms with Crippen LogP contribution in [0.3, 0.4) is 0 Å². The van der Waals surface area contributed by atoms with Crippen molar-refractivity contribution >= 4 is 11.9 Å². The highest BCUT2D eigenvalue weighted by molar-refractivity contribution is 5.71. The van der Waals surface area contributed by atoms with Crippen molar-refractivity contribution in [2.75, 3.05) is 0 Å². The average Bonchev–Trinajstić information content (AvgIpc) is 3.21. The van der Waals surface area contributed by atoms with Gasteiger partial charge in [0, 0.05) is 37.5 Å². The van der Waals surface area contributed by atoms with E-state index in [1.54, 1.807) is 80.7 Å². The topological polar surface area (TPSA) is 320 Å². The van der Waals surface area contributed by atoms with Crippen molar-refractivity contribution in [1.29, 1.82) is 0 Å². The first-order valence-corrected chi connectivity index (χ1v) is 22.3. The summed E-state index contributed by atoms with van der Waals surface area (Å²) in [6, 6.07) is -1.15. The molecule has 3 rings (SSSR count). The third-order valence-corrected chi connectivity index (χ3v) is 12.0.